The standard InChI is InChI=1S/C16H12Cl3N3O2/c17-11-3-1-10(2-4-11)8-21-22-15(23)9-20-16(24)13-6-5-12(18)7-14(13)19/h1-8H,9H2,(H,20,24)(H,22,23)/b21-8+. The molecule has 0 saturated heterocycles. The molecule has 0 saturated carbocycles. The van der Waals surface area contributed by atoms with E-state index in [-0.39, 0.29) is 17.1 Å². The number of carbonyl (C=O) groups is 2. The summed E-state index contributed by atoms with van der Waals surface area (Å²) in [6, 6.07) is 11.4. The van der Waals surface area contributed by atoms with Gasteiger partial charge in [0.2, 0.25) is 0 Å². The summed E-state index contributed by atoms with van der Waals surface area (Å²) in [5.74, 6) is -0.952. The van der Waals surface area contributed by atoms with Crippen LogP contribution in [0.4, 0.5) is 0 Å². The number of rotatable bonds is 5. The van der Waals surface area contributed by atoms with Crippen LogP contribution >= 0.6 is 34.8 Å². The average Bonchev–Trinajstić information content (AvgIpc) is 2.54. The van der Waals surface area contributed by atoms with E-state index < -0.39 is 11.8 Å². The molecule has 2 amide bonds. The van der Waals surface area contributed by atoms with Crippen LogP contribution in [0.3, 0.4) is 0 Å². The Kier molecular flexibility index (Phi) is 6.61. The summed E-state index contributed by atoms with van der Waals surface area (Å²) in [5, 5.41) is 7.48. The van der Waals surface area contributed by atoms with Crippen molar-refractivity contribution < 1.29 is 9.59 Å². The van der Waals surface area contributed by atoms with Gasteiger partial charge in [-0.3, -0.25) is 9.59 Å². The number of hydrazone groups is 1. The van der Waals surface area contributed by atoms with Gasteiger partial charge in [-0.25, -0.2) is 5.43 Å². The van der Waals surface area contributed by atoms with Crippen LogP contribution in [0.25, 0.3) is 0 Å². The summed E-state index contributed by atoms with van der Waals surface area (Å²) in [7, 11) is 0. The first kappa shape index (κ1) is 18.3. The molecule has 0 bridgehead atoms. The highest BCUT2D eigenvalue weighted by Gasteiger charge is 2.11. The highest BCUT2D eigenvalue weighted by atomic mass is 35.5. The van der Waals surface area contributed by atoms with Crippen molar-refractivity contribution in [1.29, 1.82) is 0 Å². The van der Waals surface area contributed by atoms with Gasteiger partial charge in [-0.15, -0.1) is 0 Å². The molecule has 5 nitrogen and oxygen atoms in total. The number of hydrogen-bond donors (Lipinski definition) is 2. The van der Waals surface area contributed by atoms with Crippen molar-refractivity contribution in [2.45, 2.75) is 0 Å². The van der Waals surface area contributed by atoms with E-state index in [2.05, 4.69) is 15.8 Å². The molecule has 2 aromatic carbocycles. The molecule has 8 heteroatoms. The topological polar surface area (TPSA) is 70.6 Å². The predicted octanol–water partition coefficient (Wildman–Crippen LogP) is 3.53. The molecule has 0 spiro atoms. The van der Waals surface area contributed by atoms with E-state index in [1.54, 1.807) is 30.3 Å². The summed E-state index contributed by atoms with van der Waals surface area (Å²) in [5.41, 5.74) is 3.31. The lowest BCUT2D eigenvalue weighted by Crippen LogP contribution is -2.35. The second kappa shape index (κ2) is 8.68. The molecule has 0 aliphatic carbocycles. The Morgan fingerprint density at radius 3 is 2.33 bits per heavy atom. The molecule has 0 aliphatic heterocycles. The summed E-state index contributed by atoms with van der Waals surface area (Å²) < 4.78 is 0. The maximum atomic E-state index is 11.9. The van der Waals surface area contributed by atoms with Gasteiger partial charge in [-0.1, -0.05) is 46.9 Å². The Bertz CT molecular complexity index is 777. The molecule has 2 N–H and O–H groups in total. The zero-order valence-corrected chi connectivity index (χ0v) is 14.5. The molecule has 0 fully saturated rings. The lowest BCUT2D eigenvalue weighted by atomic mass is 10.2. The zero-order valence-electron chi connectivity index (χ0n) is 12.2. The Morgan fingerprint density at radius 1 is 1.00 bits per heavy atom. The molecule has 124 valence electrons. The van der Waals surface area contributed by atoms with Gasteiger partial charge < -0.3 is 5.32 Å². The highest BCUT2D eigenvalue weighted by molar-refractivity contribution is 6.36. The van der Waals surface area contributed by atoms with Crippen LogP contribution in [0.5, 0.6) is 0 Å². The van der Waals surface area contributed by atoms with E-state index in [1.165, 1.54) is 18.3 Å². The zero-order chi connectivity index (χ0) is 17.5. The lowest BCUT2D eigenvalue weighted by molar-refractivity contribution is -0.120. The summed E-state index contributed by atoms with van der Waals surface area (Å²) in [6.45, 7) is -0.240. The van der Waals surface area contributed by atoms with E-state index in [0.717, 1.165) is 5.56 Å². The van der Waals surface area contributed by atoms with Crippen LogP contribution in [0.2, 0.25) is 15.1 Å². The van der Waals surface area contributed by atoms with Crippen LogP contribution in [-0.4, -0.2) is 24.6 Å². The van der Waals surface area contributed by atoms with E-state index in [0.29, 0.717) is 10.0 Å². The minimum atomic E-state index is -0.478. The maximum Gasteiger partial charge on any atom is 0.259 e. The van der Waals surface area contributed by atoms with Crippen molar-refractivity contribution in [1.82, 2.24) is 10.7 Å². The van der Waals surface area contributed by atoms with Crippen molar-refractivity contribution >= 4 is 52.8 Å². The maximum absolute atomic E-state index is 11.9. The number of nitrogens with one attached hydrogen (secondary N) is 2. The van der Waals surface area contributed by atoms with Crippen molar-refractivity contribution in [3.8, 4) is 0 Å². The fraction of sp³-hybridized carbons (Fsp3) is 0.0625. The van der Waals surface area contributed by atoms with Gasteiger partial charge in [-0.2, -0.15) is 5.10 Å². The SMILES string of the molecule is O=C(CNC(=O)c1ccc(Cl)cc1Cl)N/N=C/c1ccc(Cl)cc1. The molecular weight excluding hydrogens is 373 g/mol. The molecule has 24 heavy (non-hydrogen) atoms. The molecule has 2 aromatic rings. The summed E-state index contributed by atoms with van der Waals surface area (Å²) >= 11 is 17.5. The lowest BCUT2D eigenvalue weighted by Gasteiger charge is -2.06. The van der Waals surface area contributed by atoms with Gasteiger partial charge in [0.05, 0.1) is 23.3 Å². The quantitative estimate of drug-likeness (QED) is 0.611. The Morgan fingerprint density at radius 2 is 1.67 bits per heavy atom. The van der Waals surface area contributed by atoms with Gasteiger partial charge in [0.1, 0.15) is 0 Å². The third kappa shape index (κ3) is 5.53. The van der Waals surface area contributed by atoms with E-state index in [9.17, 15) is 9.59 Å². The fourth-order valence-electron chi connectivity index (χ4n) is 1.70. The van der Waals surface area contributed by atoms with Crippen molar-refractivity contribution in [2.75, 3.05) is 6.54 Å². The number of nitrogens with zero attached hydrogens (tertiary/aromatic N) is 1. The minimum absolute atomic E-state index is 0.209. The monoisotopic (exact) mass is 383 g/mol. The summed E-state index contributed by atoms with van der Waals surface area (Å²) in [4.78, 5) is 23.6. The largest absolute Gasteiger partial charge is 0.343 e. The highest BCUT2D eigenvalue weighted by Crippen LogP contribution is 2.20. The molecule has 0 atom stereocenters. The number of benzene rings is 2. The minimum Gasteiger partial charge on any atom is -0.343 e. The van der Waals surface area contributed by atoms with Gasteiger partial charge in [0.15, 0.2) is 0 Å². The van der Waals surface area contributed by atoms with Gasteiger partial charge >= 0.3 is 0 Å². The van der Waals surface area contributed by atoms with Crippen LogP contribution in [-0.2, 0) is 4.79 Å². The van der Waals surface area contributed by atoms with E-state index in [1.807, 2.05) is 0 Å². The molecule has 0 aromatic heterocycles. The second-order valence-electron chi connectivity index (χ2n) is 4.65. The van der Waals surface area contributed by atoms with Crippen molar-refractivity contribution in [3.63, 3.8) is 0 Å². The Hall–Kier alpha value is -2.08. The number of halogens is 3. The first-order chi connectivity index (χ1) is 11.5. The van der Waals surface area contributed by atoms with E-state index >= 15 is 0 Å². The second-order valence-corrected chi connectivity index (χ2v) is 5.93. The van der Waals surface area contributed by atoms with Crippen LogP contribution in [0.15, 0.2) is 47.6 Å². The van der Waals surface area contributed by atoms with Crippen LogP contribution < -0.4 is 10.7 Å². The van der Waals surface area contributed by atoms with Gasteiger partial charge in [0.25, 0.3) is 11.8 Å². The molecule has 0 aliphatic rings. The average molecular weight is 385 g/mol. The molecule has 2 rings (SSSR count). The molecule has 0 heterocycles. The normalized spacial score (nSPS) is 10.6. The molecule has 0 radical (unpaired) electrons. The number of hydrogen-bond acceptors (Lipinski definition) is 3. The van der Waals surface area contributed by atoms with Crippen LogP contribution in [0, 0.1) is 0 Å². The fourth-order valence-corrected chi connectivity index (χ4v) is 2.32. The van der Waals surface area contributed by atoms with Crippen LogP contribution in [0.1, 0.15) is 15.9 Å². The molecular formula is C16H12Cl3N3O2. The number of amides is 2. The first-order valence-corrected chi connectivity index (χ1v) is 7.90. The summed E-state index contributed by atoms with van der Waals surface area (Å²) in [6.07, 6.45) is 1.46. The first-order valence-electron chi connectivity index (χ1n) is 6.76. The van der Waals surface area contributed by atoms with Gasteiger partial charge in [0, 0.05) is 10.0 Å². The Labute approximate surface area is 153 Å². The third-order valence-corrected chi connectivity index (χ3v) is 3.66. The smallest absolute Gasteiger partial charge is 0.259 e. The predicted molar refractivity (Wildman–Crippen MR) is 96.0 cm³/mol. The van der Waals surface area contributed by atoms with Crippen molar-refractivity contribution in [3.05, 3.63) is 68.7 Å². The number of carbonyl (C=O) groups excluding carboxylic acids is 2. The third-order valence-electron chi connectivity index (χ3n) is 2.86. The molecule has 0 unspecified atom stereocenters. The Balaban J connectivity index is 1.82. The van der Waals surface area contributed by atoms with Gasteiger partial charge in [-0.05, 0) is 35.9 Å². The van der Waals surface area contributed by atoms with E-state index in [4.69, 9.17) is 34.8 Å². The van der Waals surface area contributed by atoms with Crippen molar-refractivity contribution in [2.24, 2.45) is 5.10 Å².